The summed E-state index contributed by atoms with van der Waals surface area (Å²) >= 11 is 0. The molecule has 1 aliphatic rings. The zero-order valence-corrected chi connectivity index (χ0v) is 10.5. The maximum Gasteiger partial charge on any atom is 0.133 e. The molecule has 1 heteroatoms. The van der Waals surface area contributed by atoms with Gasteiger partial charge in [0.1, 0.15) is 5.78 Å². The van der Waals surface area contributed by atoms with Crippen molar-refractivity contribution in [3.63, 3.8) is 0 Å². The van der Waals surface area contributed by atoms with Gasteiger partial charge in [-0.15, -0.1) is 0 Å². The first kappa shape index (κ1) is 12.1. The van der Waals surface area contributed by atoms with Crippen molar-refractivity contribution in [2.45, 2.75) is 44.9 Å². The quantitative estimate of drug-likeness (QED) is 0.657. The Morgan fingerprint density at radius 2 is 1.88 bits per heavy atom. The van der Waals surface area contributed by atoms with Crippen molar-refractivity contribution < 1.29 is 4.79 Å². The van der Waals surface area contributed by atoms with Crippen molar-refractivity contribution in [2.75, 3.05) is 0 Å². The molecule has 0 radical (unpaired) electrons. The van der Waals surface area contributed by atoms with Crippen LogP contribution in [0.4, 0.5) is 0 Å². The fraction of sp³-hybridized carbons (Fsp3) is 0.438. The highest BCUT2D eigenvalue weighted by Crippen LogP contribution is 2.29. The molecule has 1 nitrogen and oxygen atoms in total. The molecule has 0 aromatic heterocycles. The van der Waals surface area contributed by atoms with Gasteiger partial charge < -0.3 is 0 Å². The summed E-state index contributed by atoms with van der Waals surface area (Å²) in [5.41, 5.74) is 2.73. The maximum absolute atomic E-state index is 11.9. The molecular formula is C16H20O. The van der Waals surface area contributed by atoms with Gasteiger partial charge >= 0.3 is 0 Å². The van der Waals surface area contributed by atoms with E-state index in [4.69, 9.17) is 0 Å². The van der Waals surface area contributed by atoms with Crippen LogP contribution in [0.3, 0.4) is 0 Å². The summed E-state index contributed by atoms with van der Waals surface area (Å²) in [7, 11) is 0. The first-order chi connectivity index (χ1) is 8.25. The highest BCUT2D eigenvalue weighted by molar-refractivity contribution is 5.79. The van der Waals surface area contributed by atoms with Crippen LogP contribution in [0.15, 0.2) is 42.0 Å². The van der Waals surface area contributed by atoms with Gasteiger partial charge in [-0.2, -0.15) is 0 Å². The summed E-state index contributed by atoms with van der Waals surface area (Å²) in [6.45, 7) is 2.19. The Kier molecular flexibility index (Phi) is 4.13. The number of carbonyl (C=O) groups is 1. The molecule has 90 valence electrons. The fourth-order valence-electron chi connectivity index (χ4n) is 2.53. The molecule has 0 spiro atoms. The lowest BCUT2D eigenvalue weighted by Crippen LogP contribution is -2.07. The highest BCUT2D eigenvalue weighted by Gasteiger charge is 2.17. The lowest BCUT2D eigenvalue weighted by molar-refractivity contribution is -0.119. The minimum atomic E-state index is 0.373. The van der Waals surface area contributed by atoms with Crippen LogP contribution in [0.1, 0.15) is 50.5 Å². The molecule has 0 aliphatic heterocycles. The summed E-state index contributed by atoms with van der Waals surface area (Å²) in [5.74, 6) is 0.792. The van der Waals surface area contributed by atoms with Crippen LogP contribution in [-0.2, 0) is 4.79 Å². The monoisotopic (exact) mass is 228 g/mol. The van der Waals surface area contributed by atoms with Crippen LogP contribution in [0.25, 0.3) is 0 Å². The van der Waals surface area contributed by atoms with Gasteiger partial charge in [0, 0.05) is 12.8 Å². The van der Waals surface area contributed by atoms with E-state index in [1.54, 1.807) is 0 Å². The molecule has 0 saturated heterocycles. The van der Waals surface area contributed by atoms with E-state index in [0.717, 1.165) is 25.7 Å². The minimum absolute atomic E-state index is 0.373. The van der Waals surface area contributed by atoms with Crippen molar-refractivity contribution >= 4 is 5.78 Å². The molecule has 0 heterocycles. The smallest absolute Gasteiger partial charge is 0.133 e. The Bertz CT molecular complexity index is 403. The summed E-state index contributed by atoms with van der Waals surface area (Å²) < 4.78 is 0. The number of hydrogen-bond acceptors (Lipinski definition) is 1. The Labute approximate surface area is 104 Å². The standard InChI is InChI=1S/C16H20O/c1-13-7-5-6-10-16(17)12-15(11-13)14-8-3-2-4-9-14/h2-4,7-9,15H,5-6,10-12H2,1H3/b13-7+/t15-/m1/s1. The second-order valence-electron chi connectivity index (χ2n) is 5.00. The number of carbonyl (C=O) groups excluding carboxylic acids is 1. The molecular weight excluding hydrogens is 208 g/mol. The van der Waals surface area contributed by atoms with E-state index in [-0.39, 0.29) is 0 Å². The third kappa shape index (κ3) is 3.55. The topological polar surface area (TPSA) is 17.1 Å². The molecule has 1 aliphatic carbocycles. The van der Waals surface area contributed by atoms with Crippen LogP contribution >= 0.6 is 0 Å². The third-order valence-electron chi connectivity index (χ3n) is 3.47. The van der Waals surface area contributed by atoms with E-state index in [1.165, 1.54) is 11.1 Å². The molecule has 1 aromatic rings. The van der Waals surface area contributed by atoms with E-state index in [2.05, 4.69) is 37.3 Å². The molecule has 0 fully saturated rings. The van der Waals surface area contributed by atoms with E-state index in [1.807, 2.05) is 6.07 Å². The lowest BCUT2D eigenvalue weighted by Gasteiger charge is -2.16. The zero-order chi connectivity index (χ0) is 12.1. The maximum atomic E-state index is 11.9. The Balaban J connectivity index is 2.19. The number of rotatable bonds is 1. The van der Waals surface area contributed by atoms with Crippen LogP contribution < -0.4 is 0 Å². The van der Waals surface area contributed by atoms with Crippen LogP contribution in [0.5, 0.6) is 0 Å². The first-order valence-electron chi connectivity index (χ1n) is 6.48. The van der Waals surface area contributed by atoms with Gasteiger partial charge in [0.15, 0.2) is 0 Å². The number of ketones is 1. The zero-order valence-electron chi connectivity index (χ0n) is 10.5. The number of benzene rings is 1. The molecule has 0 amide bonds. The van der Waals surface area contributed by atoms with Gasteiger partial charge in [-0.25, -0.2) is 0 Å². The van der Waals surface area contributed by atoms with Gasteiger partial charge in [-0.1, -0.05) is 42.0 Å². The van der Waals surface area contributed by atoms with Crippen molar-refractivity contribution in [2.24, 2.45) is 0 Å². The largest absolute Gasteiger partial charge is 0.300 e. The summed E-state index contributed by atoms with van der Waals surface area (Å²) in [4.78, 5) is 11.9. The average Bonchev–Trinajstić information content (AvgIpc) is 2.42. The Morgan fingerprint density at radius 3 is 2.65 bits per heavy atom. The van der Waals surface area contributed by atoms with Gasteiger partial charge in [0.05, 0.1) is 0 Å². The molecule has 17 heavy (non-hydrogen) atoms. The predicted molar refractivity (Wildman–Crippen MR) is 71.0 cm³/mol. The van der Waals surface area contributed by atoms with Gasteiger partial charge in [0.25, 0.3) is 0 Å². The lowest BCUT2D eigenvalue weighted by atomic mass is 9.88. The van der Waals surface area contributed by atoms with Crippen molar-refractivity contribution in [3.8, 4) is 0 Å². The van der Waals surface area contributed by atoms with E-state index < -0.39 is 0 Å². The second-order valence-corrected chi connectivity index (χ2v) is 5.00. The van der Waals surface area contributed by atoms with Gasteiger partial charge in [-0.3, -0.25) is 4.79 Å². The molecule has 0 N–H and O–H groups in total. The highest BCUT2D eigenvalue weighted by atomic mass is 16.1. The van der Waals surface area contributed by atoms with Gasteiger partial charge in [-0.05, 0) is 37.7 Å². The molecule has 2 rings (SSSR count). The molecule has 1 atom stereocenters. The summed E-state index contributed by atoms with van der Waals surface area (Å²) in [6, 6.07) is 10.4. The SMILES string of the molecule is C/C1=C\CCCC(=O)C[C@H](c2ccccc2)C1. The molecule has 1 aromatic carbocycles. The van der Waals surface area contributed by atoms with Crippen molar-refractivity contribution in [1.82, 2.24) is 0 Å². The predicted octanol–water partition coefficient (Wildman–Crippen LogP) is 4.25. The van der Waals surface area contributed by atoms with Crippen LogP contribution in [0, 0.1) is 0 Å². The summed E-state index contributed by atoms with van der Waals surface area (Å²) in [5, 5.41) is 0. The summed E-state index contributed by atoms with van der Waals surface area (Å²) in [6.07, 6.45) is 6.84. The Morgan fingerprint density at radius 1 is 1.12 bits per heavy atom. The van der Waals surface area contributed by atoms with Gasteiger partial charge in [0.2, 0.25) is 0 Å². The normalized spacial score (nSPS) is 25.4. The van der Waals surface area contributed by atoms with E-state index in [0.29, 0.717) is 18.1 Å². The first-order valence-corrected chi connectivity index (χ1v) is 6.48. The molecule has 0 saturated carbocycles. The molecule has 0 unspecified atom stereocenters. The Hall–Kier alpha value is -1.37. The number of allylic oxidation sites excluding steroid dienone is 2. The van der Waals surface area contributed by atoms with Crippen molar-refractivity contribution in [1.29, 1.82) is 0 Å². The number of Topliss-reactive ketones (excluding diaryl/α,β-unsaturated/α-hetero) is 1. The average molecular weight is 228 g/mol. The van der Waals surface area contributed by atoms with Crippen LogP contribution in [-0.4, -0.2) is 5.78 Å². The second kappa shape index (κ2) is 5.81. The molecule has 0 bridgehead atoms. The number of hydrogen-bond donors (Lipinski definition) is 0. The van der Waals surface area contributed by atoms with E-state index >= 15 is 0 Å². The third-order valence-corrected chi connectivity index (χ3v) is 3.47. The fourth-order valence-corrected chi connectivity index (χ4v) is 2.53. The van der Waals surface area contributed by atoms with E-state index in [9.17, 15) is 4.79 Å². The van der Waals surface area contributed by atoms with Crippen LogP contribution in [0.2, 0.25) is 0 Å². The minimum Gasteiger partial charge on any atom is -0.300 e. The van der Waals surface area contributed by atoms with Crippen molar-refractivity contribution in [3.05, 3.63) is 47.5 Å².